The van der Waals surface area contributed by atoms with E-state index in [2.05, 4.69) is 109 Å². The SMILES string of the molecule is CC1CC=C2c3ccccc3-c3cccnc3-c3cn(-c4nc(-c5ccccc5)cc(-c5ccccc5)n4)c1c32. The maximum Gasteiger partial charge on any atom is 0.235 e. The van der Waals surface area contributed by atoms with Crippen LogP contribution in [0.3, 0.4) is 0 Å². The van der Waals surface area contributed by atoms with Crippen LogP contribution in [-0.4, -0.2) is 19.5 Å². The Labute approximate surface area is 233 Å². The predicted octanol–water partition coefficient (Wildman–Crippen LogP) is 8.58. The molecule has 6 aromatic rings. The van der Waals surface area contributed by atoms with Gasteiger partial charge in [-0.25, -0.2) is 9.97 Å². The smallest absolute Gasteiger partial charge is 0.235 e. The Hall–Kier alpha value is -5.09. The third-order valence-electron chi connectivity index (χ3n) is 8.09. The van der Waals surface area contributed by atoms with Crippen molar-refractivity contribution in [1.29, 1.82) is 0 Å². The number of nitrogens with zero attached hydrogens (tertiary/aromatic N) is 4. The minimum atomic E-state index is 0.300. The fourth-order valence-electron chi connectivity index (χ4n) is 6.23. The van der Waals surface area contributed by atoms with E-state index in [0.29, 0.717) is 11.9 Å². The topological polar surface area (TPSA) is 43.6 Å². The van der Waals surface area contributed by atoms with Crippen LogP contribution in [0.2, 0.25) is 0 Å². The highest BCUT2D eigenvalue weighted by Crippen LogP contribution is 2.50. The average molecular weight is 515 g/mol. The zero-order valence-corrected chi connectivity index (χ0v) is 22.1. The van der Waals surface area contributed by atoms with Gasteiger partial charge in [-0.1, -0.05) is 104 Å². The number of benzene rings is 3. The van der Waals surface area contributed by atoms with Crippen LogP contribution in [0.5, 0.6) is 0 Å². The van der Waals surface area contributed by atoms with Gasteiger partial charge in [0.05, 0.1) is 17.1 Å². The Morgan fingerprint density at radius 3 is 2.00 bits per heavy atom. The Morgan fingerprint density at radius 1 is 0.675 bits per heavy atom. The minimum Gasteiger partial charge on any atom is -0.288 e. The highest BCUT2D eigenvalue weighted by Gasteiger charge is 2.33. The lowest BCUT2D eigenvalue weighted by Crippen LogP contribution is -2.12. The number of hydrogen-bond donors (Lipinski definition) is 0. The van der Waals surface area contributed by atoms with Crippen molar-refractivity contribution in [1.82, 2.24) is 19.5 Å². The molecule has 2 aliphatic carbocycles. The summed E-state index contributed by atoms with van der Waals surface area (Å²) >= 11 is 0. The second-order valence-electron chi connectivity index (χ2n) is 10.5. The zero-order valence-electron chi connectivity index (χ0n) is 22.1. The van der Waals surface area contributed by atoms with E-state index in [1.165, 1.54) is 28.0 Å². The van der Waals surface area contributed by atoms with E-state index in [1.54, 1.807) is 0 Å². The normalized spacial score (nSPS) is 14.9. The van der Waals surface area contributed by atoms with E-state index in [-0.39, 0.29) is 0 Å². The van der Waals surface area contributed by atoms with Crippen molar-refractivity contribution in [3.63, 3.8) is 0 Å². The maximum atomic E-state index is 5.17. The lowest BCUT2D eigenvalue weighted by Gasteiger charge is -2.23. The monoisotopic (exact) mass is 514 g/mol. The molecule has 1 atom stereocenters. The van der Waals surface area contributed by atoms with E-state index in [4.69, 9.17) is 15.0 Å². The number of pyridine rings is 1. The van der Waals surface area contributed by atoms with Gasteiger partial charge in [-0.05, 0) is 35.3 Å². The molecule has 0 N–H and O–H groups in total. The van der Waals surface area contributed by atoms with Crippen molar-refractivity contribution in [3.8, 4) is 50.8 Å². The van der Waals surface area contributed by atoms with Crippen LogP contribution >= 0.6 is 0 Å². The van der Waals surface area contributed by atoms with Gasteiger partial charge in [-0.3, -0.25) is 9.55 Å². The van der Waals surface area contributed by atoms with Crippen molar-refractivity contribution in [2.45, 2.75) is 19.3 Å². The molecule has 40 heavy (non-hydrogen) atoms. The highest BCUT2D eigenvalue weighted by atomic mass is 15.2. The van der Waals surface area contributed by atoms with Gasteiger partial charge in [0.2, 0.25) is 5.95 Å². The molecular formula is C36H26N4. The van der Waals surface area contributed by atoms with Gasteiger partial charge in [-0.15, -0.1) is 0 Å². The number of fused-ring (bicyclic) bond motifs is 5. The molecule has 8 rings (SSSR count). The first-order valence-corrected chi connectivity index (χ1v) is 13.8. The Kier molecular flexibility index (Phi) is 5.14. The molecule has 0 fully saturated rings. The Bertz CT molecular complexity index is 1880. The van der Waals surface area contributed by atoms with Crippen molar-refractivity contribution < 1.29 is 0 Å². The maximum absolute atomic E-state index is 5.17. The van der Waals surface area contributed by atoms with Gasteiger partial charge in [-0.2, -0.15) is 0 Å². The average Bonchev–Trinajstić information content (AvgIpc) is 3.39. The molecule has 0 aliphatic heterocycles. The third-order valence-corrected chi connectivity index (χ3v) is 8.09. The fraction of sp³-hybridized carbons (Fsp3) is 0.0833. The van der Waals surface area contributed by atoms with Crippen molar-refractivity contribution in [3.05, 3.63) is 138 Å². The van der Waals surface area contributed by atoms with Crippen LogP contribution in [0.1, 0.15) is 36.1 Å². The van der Waals surface area contributed by atoms with Crippen molar-refractivity contribution in [2.24, 2.45) is 0 Å². The molecular weight excluding hydrogens is 488 g/mol. The number of hydrogen-bond acceptors (Lipinski definition) is 3. The lowest BCUT2D eigenvalue weighted by atomic mass is 9.84. The predicted molar refractivity (Wildman–Crippen MR) is 161 cm³/mol. The van der Waals surface area contributed by atoms with Crippen molar-refractivity contribution in [2.75, 3.05) is 0 Å². The number of allylic oxidation sites excluding steroid dienone is 1. The van der Waals surface area contributed by atoms with Crippen LogP contribution in [0, 0.1) is 0 Å². The van der Waals surface area contributed by atoms with Gasteiger partial charge in [0.15, 0.2) is 0 Å². The Balaban J connectivity index is 1.43. The molecule has 3 aromatic heterocycles. The van der Waals surface area contributed by atoms with E-state index >= 15 is 0 Å². The quantitative estimate of drug-likeness (QED) is 0.237. The number of rotatable bonds is 3. The van der Waals surface area contributed by atoms with E-state index < -0.39 is 0 Å². The number of aromatic nitrogens is 4. The molecule has 0 amide bonds. The second-order valence-corrected chi connectivity index (χ2v) is 10.5. The van der Waals surface area contributed by atoms with E-state index in [0.717, 1.165) is 45.8 Å². The van der Waals surface area contributed by atoms with Crippen LogP contribution in [0.15, 0.2) is 122 Å². The summed E-state index contributed by atoms with van der Waals surface area (Å²) in [6, 6.07) is 35.7. The first-order valence-electron chi connectivity index (χ1n) is 13.8. The summed E-state index contributed by atoms with van der Waals surface area (Å²) in [4.78, 5) is 15.3. The molecule has 2 aliphatic rings. The molecule has 190 valence electrons. The summed E-state index contributed by atoms with van der Waals surface area (Å²) in [6.45, 7) is 2.30. The van der Waals surface area contributed by atoms with Gasteiger partial charge >= 0.3 is 0 Å². The summed E-state index contributed by atoms with van der Waals surface area (Å²) in [5.41, 5.74) is 13.5. The molecule has 4 heteroatoms. The summed E-state index contributed by atoms with van der Waals surface area (Å²) in [7, 11) is 0. The first kappa shape index (κ1) is 22.9. The summed E-state index contributed by atoms with van der Waals surface area (Å²) in [5, 5.41) is 0. The van der Waals surface area contributed by atoms with Crippen LogP contribution in [0.4, 0.5) is 0 Å². The van der Waals surface area contributed by atoms with Gasteiger partial charge in [0, 0.05) is 51.8 Å². The lowest BCUT2D eigenvalue weighted by molar-refractivity contribution is 0.703. The van der Waals surface area contributed by atoms with E-state index in [1.807, 2.05) is 24.4 Å². The van der Waals surface area contributed by atoms with Crippen LogP contribution < -0.4 is 0 Å². The summed E-state index contributed by atoms with van der Waals surface area (Å²) < 4.78 is 2.23. The van der Waals surface area contributed by atoms with Crippen LogP contribution in [-0.2, 0) is 0 Å². The van der Waals surface area contributed by atoms with Gasteiger partial charge in [0.25, 0.3) is 0 Å². The summed E-state index contributed by atoms with van der Waals surface area (Å²) in [5.74, 6) is 0.983. The fourth-order valence-corrected chi connectivity index (χ4v) is 6.23. The summed E-state index contributed by atoms with van der Waals surface area (Å²) in [6.07, 6.45) is 7.47. The van der Waals surface area contributed by atoms with Gasteiger partial charge in [0.1, 0.15) is 0 Å². The van der Waals surface area contributed by atoms with Gasteiger partial charge < -0.3 is 0 Å². The highest BCUT2D eigenvalue weighted by molar-refractivity contribution is 6.02. The molecule has 0 saturated heterocycles. The molecule has 0 saturated carbocycles. The van der Waals surface area contributed by atoms with Crippen molar-refractivity contribution >= 4 is 5.57 Å². The molecule has 4 nitrogen and oxygen atoms in total. The third kappa shape index (κ3) is 3.50. The standard InChI is InChI=1S/C36H26N4/c1-23-18-19-28-26-15-8-9-16-27(26)29-17-10-20-37-34(29)30-22-40(35(23)33(28)30)36-38-31(24-11-4-2-5-12-24)21-32(39-36)25-13-6-3-7-14-25/h2-17,19-23H,18H2,1H3. The van der Waals surface area contributed by atoms with E-state index in [9.17, 15) is 0 Å². The molecule has 0 spiro atoms. The first-order chi connectivity index (χ1) is 19.8. The largest absolute Gasteiger partial charge is 0.288 e. The molecule has 0 radical (unpaired) electrons. The Morgan fingerprint density at radius 2 is 1.30 bits per heavy atom. The molecule has 3 heterocycles. The zero-order chi connectivity index (χ0) is 26.6. The minimum absolute atomic E-state index is 0.300. The molecule has 0 bridgehead atoms. The molecule has 1 unspecified atom stereocenters. The second kappa shape index (κ2) is 8.99. The van der Waals surface area contributed by atoms with Crippen LogP contribution in [0.25, 0.3) is 56.4 Å². The molecule has 3 aromatic carbocycles.